The molecule has 0 amide bonds. The second-order valence-corrected chi connectivity index (χ2v) is 8.79. The van der Waals surface area contributed by atoms with Crippen molar-refractivity contribution in [3.8, 4) is 23.0 Å². The lowest BCUT2D eigenvalue weighted by Gasteiger charge is -2.08. The lowest BCUT2D eigenvalue weighted by atomic mass is 9.97. The summed E-state index contributed by atoms with van der Waals surface area (Å²) in [6.45, 7) is 6.00. The Kier molecular flexibility index (Phi) is 7.95. The number of benzene rings is 4. The summed E-state index contributed by atoms with van der Waals surface area (Å²) in [7, 11) is 0. The van der Waals surface area contributed by atoms with Crippen LogP contribution in [-0.4, -0.2) is 0 Å². The summed E-state index contributed by atoms with van der Waals surface area (Å²) in [5.74, 6) is 6.29. The fraction of sp³-hybridized carbons (Fsp3) is 0.212. The average Bonchev–Trinajstić information content (AvgIpc) is 2.88. The molecule has 4 rings (SSSR count). The van der Waals surface area contributed by atoms with Crippen LogP contribution >= 0.6 is 0 Å². The summed E-state index contributed by atoms with van der Waals surface area (Å²) in [4.78, 5) is 0. The number of allylic oxidation sites excluding steroid dienone is 1. The smallest absolute Gasteiger partial charge is 0.138 e. The highest BCUT2D eigenvalue weighted by Crippen LogP contribution is 2.30. The van der Waals surface area contributed by atoms with Gasteiger partial charge in [0.25, 0.3) is 0 Å². The molecule has 0 fully saturated rings. The topological polar surface area (TPSA) is 0 Å². The first kappa shape index (κ1) is 23.5. The molecule has 0 radical (unpaired) electrons. The van der Waals surface area contributed by atoms with E-state index in [0.29, 0.717) is 10.9 Å². The van der Waals surface area contributed by atoms with Gasteiger partial charge in [-0.1, -0.05) is 92.3 Å². The molecule has 0 N–H and O–H groups in total. The van der Waals surface area contributed by atoms with Crippen LogP contribution in [-0.2, 0) is 12.8 Å². The molecule has 0 saturated heterocycles. The third-order valence-electron chi connectivity index (χ3n) is 6.23. The SMILES string of the molecule is C=CCCc1ccc(-c2ccc3cc(C#Cc4ccc(CCCCC)cc4)ccc3c2F)cc1. The second-order valence-electron chi connectivity index (χ2n) is 8.79. The first-order valence-corrected chi connectivity index (χ1v) is 12.2. The molecule has 170 valence electrons. The standard InChI is InChI=1S/C33H31F/c1-3-5-7-9-26-10-12-27(13-11-26)14-15-28-18-22-32-30(24-28)21-23-31(33(32)34)29-19-16-25(17-20-29)8-6-4-2/h4,10-13,16-24H,2-3,5-9H2,1H3. The van der Waals surface area contributed by atoms with Crippen molar-refractivity contribution in [2.24, 2.45) is 0 Å². The van der Waals surface area contributed by atoms with E-state index in [1.807, 2.05) is 48.5 Å². The molecule has 0 aliphatic heterocycles. The molecular weight excluding hydrogens is 415 g/mol. The zero-order chi connectivity index (χ0) is 23.8. The molecule has 34 heavy (non-hydrogen) atoms. The normalized spacial score (nSPS) is 10.6. The molecule has 0 bridgehead atoms. The molecule has 0 saturated carbocycles. The van der Waals surface area contributed by atoms with Crippen LogP contribution in [0.1, 0.15) is 54.9 Å². The Morgan fingerprint density at radius 2 is 1.44 bits per heavy atom. The van der Waals surface area contributed by atoms with Crippen molar-refractivity contribution in [3.63, 3.8) is 0 Å². The van der Waals surface area contributed by atoms with Crippen LogP contribution in [0.3, 0.4) is 0 Å². The van der Waals surface area contributed by atoms with Crippen LogP contribution in [0.5, 0.6) is 0 Å². The van der Waals surface area contributed by atoms with E-state index in [0.717, 1.165) is 41.3 Å². The minimum atomic E-state index is -0.186. The van der Waals surface area contributed by atoms with Gasteiger partial charge in [-0.2, -0.15) is 0 Å². The predicted molar refractivity (Wildman–Crippen MR) is 144 cm³/mol. The van der Waals surface area contributed by atoms with Crippen molar-refractivity contribution in [2.45, 2.75) is 45.4 Å². The average molecular weight is 447 g/mol. The highest BCUT2D eigenvalue weighted by molar-refractivity contribution is 5.89. The number of unbranched alkanes of at least 4 members (excludes halogenated alkanes) is 2. The Bertz CT molecular complexity index is 1320. The summed E-state index contributed by atoms with van der Waals surface area (Å²) >= 11 is 0. The summed E-state index contributed by atoms with van der Waals surface area (Å²) in [5, 5.41) is 1.48. The first-order valence-electron chi connectivity index (χ1n) is 12.2. The molecule has 0 unspecified atom stereocenters. The van der Waals surface area contributed by atoms with Gasteiger partial charge in [0.15, 0.2) is 0 Å². The van der Waals surface area contributed by atoms with E-state index >= 15 is 4.39 Å². The van der Waals surface area contributed by atoms with E-state index in [1.54, 1.807) is 0 Å². The Morgan fingerprint density at radius 1 is 0.765 bits per heavy atom. The van der Waals surface area contributed by atoms with Crippen LogP contribution in [0, 0.1) is 17.7 Å². The highest BCUT2D eigenvalue weighted by Gasteiger charge is 2.10. The highest BCUT2D eigenvalue weighted by atomic mass is 19.1. The molecule has 0 atom stereocenters. The van der Waals surface area contributed by atoms with Crippen molar-refractivity contribution >= 4 is 10.8 Å². The van der Waals surface area contributed by atoms with Crippen molar-refractivity contribution in [1.29, 1.82) is 0 Å². The van der Waals surface area contributed by atoms with Gasteiger partial charge in [-0.15, -0.1) is 6.58 Å². The van der Waals surface area contributed by atoms with Gasteiger partial charge in [-0.25, -0.2) is 4.39 Å². The maximum atomic E-state index is 15.3. The van der Waals surface area contributed by atoms with Gasteiger partial charge >= 0.3 is 0 Å². The van der Waals surface area contributed by atoms with Gasteiger partial charge in [-0.05, 0) is 72.0 Å². The van der Waals surface area contributed by atoms with Gasteiger partial charge in [0, 0.05) is 22.1 Å². The van der Waals surface area contributed by atoms with E-state index in [2.05, 4.69) is 61.7 Å². The largest absolute Gasteiger partial charge is 0.206 e. The van der Waals surface area contributed by atoms with Crippen molar-refractivity contribution in [2.75, 3.05) is 0 Å². The van der Waals surface area contributed by atoms with E-state index in [9.17, 15) is 0 Å². The van der Waals surface area contributed by atoms with Gasteiger partial charge in [-0.3, -0.25) is 0 Å². The minimum absolute atomic E-state index is 0.186. The molecular formula is C33H31F. The molecule has 0 spiro atoms. The quantitative estimate of drug-likeness (QED) is 0.144. The van der Waals surface area contributed by atoms with Crippen LogP contribution in [0.4, 0.5) is 4.39 Å². The second kappa shape index (κ2) is 11.5. The third-order valence-corrected chi connectivity index (χ3v) is 6.23. The molecule has 0 aliphatic rings. The molecule has 4 aromatic carbocycles. The van der Waals surface area contributed by atoms with E-state index in [1.165, 1.54) is 30.4 Å². The van der Waals surface area contributed by atoms with Gasteiger partial charge < -0.3 is 0 Å². The van der Waals surface area contributed by atoms with Crippen LogP contribution in [0.2, 0.25) is 0 Å². The monoisotopic (exact) mass is 446 g/mol. The van der Waals surface area contributed by atoms with Crippen LogP contribution in [0.25, 0.3) is 21.9 Å². The van der Waals surface area contributed by atoms with Gasteiger partial charge in [0.1, 0.15) is 5.82 Å². The zero-order valence-electron chi connectivity index (χ0n) is 19.9. The number of aryl methyl sites for hydroxylation is 2. The summed E-state index contributed by atoms with van der Waals surface area (Å²) in [6.07, 6.45) is 8.69. The maximum absolute atomic E-state index is 15.3. The molecule has 1 heteroatoms. The number of rotatable bonds is 8. The molecule has 4 aromatic rings. The molecule has 0 aliphatic carbocycles. The molecule has 0 aromatic heterocycles. The fourth-order valence-corrected chi connectivity index (χ4v) is 4.19. The fourth-order valence-electron chi connectivity index (χ4n) is 4.19. The van der Waals surface area contributed by atoms with Crippen molar-refractivity contribution in [3.05, 3.63) is 120 Å². The maximum Gasteiger partial charge on any atom is 0.138 e. The van der Waals surface area contributed by atoms with Gasteiger partial charge in [0.05, 0.1) is 0 Å². The number of hydrogen-bond donors (Lipinski definition) is 0. The Morgan fingerprint density at radius 3 is 2.18 bits per heavy atom. The predicted octanol–water partition coefficient (Wildman–Crippen LogP) is 8.90. The molecule has 0 nitrogen and oxygen atoms in total. The van der Waals surface area contributed by atoms with Gasteiger partial charge in [0.2, 0.25) is 0 Å². The van der Waals surface area contributed by atoms with Crippen LogP contribution in [0.15, 0.2) is 91.5 Å². The van der Waals surface area contributed by atoms with E-state index in [-0.39, 0.29) is 5.82 Å². The Labute approximate surface area is 203 Å². The Hall–Kier alpha value is -3.63. The zero-order valence-corrected chi connectivity index (χ0v) is 19.9. The van der Waals surface area contributed by atoms with Crippen LogP contribution < -0.4 is 0 Å². The van der Waals surface area contributed by atoms with E-state index in [4.69, 9.17) is 0 Å². The third kappa shape index (κ3) is 5.83. The number of hydrogen-bond acceptors (Lipinski definition) is 0. The lowest BCUT2D eigenvalue weighted by molar-refractivity contribution is 0.643. The summed E-state index contributed by atoms with van der Waals surface area (Å²) < 4.78 is 15.3. The van der Waals surface area contributed by atoms with E-state index < -0.39 is 0 Å². The van der Waals surface area contributed by atoms with Crippen molar-refractivity contribution in [1.82, 2.24) is 0 Å². The summed E-state index contributed by atoms with van der Waals surface area (Å²) in [6, 6.07) is 26.2. The number of fused-ring (bicyclic) bond motifs is 1. The number of halogens is 1. The lowest BCUT2D eigenvalue weighted by Crippen LogP contribution is -1.89. The summed E-state index contributed by atoms with van der Waals surface area (Å²) in [5.41, 5.74) is 6.00. The molecule has 0 heterocycles. The first-order chi connectivity index (χ1) is 16.7. The van der Waals surface area contributed by atoms with Crippen molar-refractivity contribution < 1.29 is 4.39 Å². The minimum Gasteiger partial charge on any atom is -0.206 e. The Balaban J connectivity index is 1.51.